The highest BCUT2D eigenvalue weighted by atomic mass is 32.2. The zero-order valence-electron chi connectivity index (χ0n) is 16.0. The summed E-state index contributed by atoms with van der Waals surface area (Å²) < 4.78 is 60.1. The van der Waals surface area contributed by atoms with Gasteiger partial charge < -0.3 is 0 Å². The van der Waals surface area contributed by atoms with Crippen LogP contribution < -0.4 is 4.72 Å². The first-order valence-electron chi connectivity index (χ1n) is 9.18. The predicted octanol–water partition coefficient (Wildman–Crippen LogP) is 5.00. The molecule has 5 aromatic rings. The highest BCUT2D eigenvalue weighted by Crippen LogP contribution is 2.37. The number of aromatic nitrogens is 3. The van der Waals surface area contributed by atoms with Crippen LogP contribution in [0.2, 0.25) is 0 Å². The number of para-hydroxylation sites is 1. The molecule has 7 nitrogen and oxygen atoms in total. The molecule has 0 unspecified atom stereocenters. The van der Waals surface area contributed by atoms with E-state index in [1.807, 2.05) is 35.1 Å². The molecular weight excluding hydrogens is 458 g/mol. The molecule has 5 rings (SSSR count). The number of fused-ring (bicyclic) bond motifs is 2. The average molecular weight is 470 g/mol. The zero-order chi connectivity index (χ0) is 22.3. The minimum absolute atomic E-state index is 0.0347. The zero-order valence-corrected chi connectivity index (χ0v) is 17.6. The molecule has 160 valence electrons. The highest BCUT2D eigenvalue weighted by molar-refractivity contribution is 7.99. The Labute approximate surface area is 184 Å². The highest BCUT2D eigenvalue weighted by Gasteiger charge is 2.24. The van der Waals surface area contributed by atoms with Gasteiger partial charge in [0.1, 0.15) is 4.90 Å². The smallest absolute Gasteiger partial charge is 0.264 e. The van der Waals surface area contributed by atoms with Crippen molar-refractivity contribution in [3.05, 3.63) is 78.5 Å². The van der Waals surface area contributed by atoms with Gasteiger partial charge in [0.15, 0.2) is 22.7 Å². The second-order valence-electron chi connectivity index (χ2n) is 6.66. The second kappa shape index (κ2) is 7.84. The molecule has 0 amide bonds. The summed E-state index contributed by atoms with van der Waals surface area (Å²) in [5.74, 6) is -2.48. The number of halogens is 2. The van der Waals surface area contributed by atoms with Crippen LogP contribution in [0.15, 0.2) is 86.2 Å². The van der Waals surface area contributed by atoms with Gasteiger partial charge in [-0.05, 0) is 46.7 Å². The van der Waals surface area contributed by atoms with Gasteiger partial charge >= 0.3 is 0 Å². The van der Waals surface area contributed by atoms with Gasteiger partial charge in [-0.3, -0.25) is 9.71 Å². The summed E-state index contributed by atoms with van der Waals surface area (Å²) >= 11 is 1.33. The molecule has 0 aliphatic rings. The van der Waals surface area contributed by atoms with Gasteiger partial charge in [0.25, 0.3) is 10.0 Å². The van der Waals surface area contributed by atoms with E-state index in [2.05, 4.69) is 15.3 Å². The number of hydrogen-bond acceptors (Lipinski definition) is 7. The van der Waals surface area contributed by atoms with Crippen molar-refractivity contribution in [2.75, 3.05) is 4.72 Å². The minimum Gasteiger partial charge on any atom is -0.276 e. The van der Waals surface area contributed by atoms with E-state index in [4.69, 9.17) is 4.63 Å². The molecule has 0 aliphatic heterocycles. The van der Waals surface area contributed by atoms with Crippen LogP contribution in [0.1, 0.15) is 0 Å². The van der Waals surface area contributed by atoms with Gasteiger partial charge in [-0.25, -0.2) is 21.8 Å². The Hall–Kier alpha value is -3.57. The Kier molecular flexibility index (Phi) is 4.98. The number of nitrogens with one attached hydrogen (secondary N) is 1. The SMILES string of the molecule is O=S(=O)(Nc1cccc(F)c1F)c1ccc(Sc2cccc3cccnc23)c2nonc12. The molecule has 0 radical (unpaired) electrons. The molecule has 0 aliphatic carbocycles. The summed E-state index contributed by atoms with van der Waals surface area (Å²) in [5.41, 5.74) is 0.442. The van der Waals surface area contributed by atoms with Crippen LogP contribution in [0.4, 0.5) is 14.5 Å². The van der Waals surface area contributed by atoms with Crippen LogP contribution in [-0.4, -0.2) is 23.7 Å². The Balaban J connectivity index is 1.56. The first-order chi connectivity index (χ1) is 15.4. The molecule has 0 spiro atoms. The van der Waals surface area contributed by atoms with Gasteiger partial charge in [-0.1, -0.05) is 36.0 Å². The van der Waals surface area contributed by atoms with E-state index in [0.717, 1.165) is 27.9 Å². The number of nitrogens with zero attached hydrogens (tertiary/aromatic N) is 3. The lowest BCUT2D eigenvalue weighted by Crippen LogP contribution is -2.15. The van der Waals surface area contributed by atoms with Crippen molar-refractivity contribution in [1.82, 2.24) is 15.3 Å². The van der Waals surface area contributed by atoms with Gasteiger partial charge in [0.2, 0.25) is 0 Å². The lowest BCUT2D eigenvalue weighted by molar-refractivity contribution is 0.314. The quantitative estimate of drug-likeness (QED) is 0.386. The molecule has 32 heavy (non-hydrogen) atoms. The van der Waals surface area contributed by atoms with Gasteiger partial charge in [0, 0.05) is 21.4 Å². The third-order valence-electron chi connectivity index (χ3n) is 4.64. The lowest BCUT2D eigenvalue weighted by atomic mass is 10.2. The predicted molar refractivity (Wildman–Crippen MR) is 115 cm³/mol. The van der Waals surface area contributed by atoms with E-state index in [9.17, 15) is 17.2 Å². The fourth-order valence-electron chi connectivity index (χ4n) is 3.18. The molecule has 2 heterocycles. The van der Waals surface area contributed by atoms with E-state index < -0.39 is 27.3 Å². The van der Waals surface area contributed by atoms with E-state index in [1.54, 1.807) is 12.3 Å². The standard InChI is InChI=1S/C21H12F2N4O3S2/c22-13-6-2-7-14(18(13)23)27-32(28,29)17-10-9-16(20-21(17)26-30-25-20)31-15-8-1-4-12-5-3-11-24-19(12)15/h1-11,27H. The van der Waals surface area contributed by atoms with Crippen LogP contribution in [0.5, 0.6) is 0 Å². The molecule has 11 heteroatoms. The third-order valence-corrected chi connectivity index (χ3v) is 7.14. The largest absolute Gasteiger partial charge is 0.276 e. The third kappa shape index (κ3) is 3.55. The van der Waals surface area contributed by atoms with E-state index in [-0.39, 0.29) is 15.9 Å². The number of hydrogen-bond donors (Lipinski definition) is 1. The van der Waals surface area contributed by atoms with Crippen molar-refractivity contribution in [1.29, 1.82) is 0 Å². The van der Waals surface area contributed by atoms with E-state index in [1.165, 1.54) is 23.9 Å². The number of pyridine rings is 1. The maximum Gasteiger partial charge on any atom is 0.264 e. The van der Waals surface area contributed by atoms with Gasteiger partial charge in [0.05, 0.1) is 11.2 Å². The normalized spacial score (nSPS) is 11.8. The number of benzene rings is 3. The Morgan fingerprint density at radius 2 is 1.59 bits per heavy atom. The van der Waals surface area contributed by atoms with Crippen molar-refractivity contribution < 1.29 is 21.8 Å². The van der Waals surface area contributed by atoms with Crippen LogP contribution in [0.3, 0.4) is 0 Å². The first kappa shape index (κ1) is 20.3. The summed E-state index contributed by atoms with van der Waals surface area (Å²) in [6.07, 6.45) is 1.69. The monoisotopic (exact) mass is 470 g/mol. The summed E-state index contributed by atoms with van der Waals surface area (Å²) in [6.45, 7) is 0. The van der Waals surface area contributed by atoms with Crippen LogP contribution >= 0.6 is 11.8 Å². The van der Waals surface area contributed by atoms with E-state index >= 15 is 0 Å². The summed E-state index contributed by atoms with van der Waals surface area (Å²) in [5, 5.41) is 8.53. The number of sulfonamides is 1. The second-order valence-corrected chi connectivity index (χ2v) is 9.40. The molecule has 0 atom stereocenters. The van der Waals surface area contributed by atoms with Crippen LogP contribution in [0.25, 0.3) is 21.9 Å². The molecule has 2 aromatic heterocycles. The van der Waals surface area contributed by atoms with Gasteiger partial charge in [-0.2, -0.15) is 0 Å². The molecular formula is C21H12F2N4O3S2. The average Bonchev–Trinajstić information content (AvgIpc) is 3.27. The van der Waals surface area contributed by atoms with Crippen LogP contribution in [-0.2, 0) is 10.0 Å². The van der Waals surface area contributed by atoms with E-state index in [0.29, 0.717) is 4.90 Å². The Bertz CT molecular complexity index is 1580. The number of anilines is 1. The van der Waals surface area contributed by atoms with Crippen molar-refractivity contribution in [2.45, 2.75) is 14.7 Å². The molecule has 1 N–H and O–H groups in total. The molecule has 0 bridgehead atoms. The minimum atomic E-state index is -4.31. The number of rotatable bonds is 5. The summed E-state index contributed by atoms with van der Waals surface area (Å²) in [6, 6.07) is 15.6. The maximum absolute atomic E-state index is 14.0. The van der Waals surface area contributed by atoms with Crippen molar-refractivity contribution in [3.63, 3.8) is 0 Å². The fraction of sp³-hybridized carbons (Fsp3) is 0. The fourth-order valence-corrected chi connectivity index (χ4v) is 5.39. The van der Waals surface area contributed by atoms with Crippen molar-refractivity contribution >= 4 is 49.4 Å². The summed E-state index contributed by atoms with van der Waals surface area (Å²) in [4.78, 5) is 5.56. The molecule has 0 saturated carbocycles. The maximum atomic E-state index is 14.0. The molecule has 0 saturated heterocycles. The summed E-state index contributed by atoms with van der Waals surface area (Å²) in [7, 11) is -4.31. The molecule has 3 aromatic carbocycles. The van der Waals surface area contributed by atoms with Crippen molar-refractivity contribution in [3.8, 4) is 0 Å². The van der Waals surface area contributed by atoms with Crippen LogP contribution in [0, 0.1) is 11.6 Å². The molecule has 0 fully saturated rings. The van der Waals surface area contributed by atoms with Gasteiger partial charge in [-0.15, -0.1) is 0 Å². The van der Waals surface area contributed by atoms with Crippen molar-refractivity contribution in [2.24, 2.45) is 0 Å². The Morgan fingerprint density at radius 1 is 0.844 bits per heavy atom. The lowest BCUT2D eigenvalue weighted by Gasteiger charge is -2.10. The topological polar surface area (TPSA) is 98.0 Å². The first-order valence-corrected chi connectivity index (χ1v) is 11.5. The Morgan fingerprint density at radius 3 is 2.47 bits per heavy atom.